The lowest BCUT2D eigenvalue weighted by molar-refractivity contribution is -0.173. The highest BCUT2D eigenvalue weighted by Crippen LogP contribution is 2.50. The van der Waals surface area contributed by atoms with E-state index in [9.17, 15) is 4.79 Å². The van der Waals surface area contributed by atoms with E-state index in [0.29, 0.717) is 18.8 Å². The largest absolute Gasteiger partial charge is 0.462 e. The maximum atomic E-state index is 11.8. The van der Waals surface area contributed by atoms with E-state index in [0.717, 1.165) is 6.42 Å². The zero-order chi connectivity index (χ0) is 12.7. The SMILES string of the molecule is CCOC(=O)C1=C[C@@H]2CCO[C@]12O[Si](C)(C)C. The van der Waals surface area contributed by atoms with Crippen molar-refractivity contribution in [2.75, 3.05) is 13.2 Å². The Morgan fingerprint density at radius 2 is 2.29 bits per heavy atom. The molecule has 0 N–H and O–H groups in total. The molecule has 2 aliphatic rings. The van der Waals surface area contributed by atoms with Gasteiger partial charge in [-0.15, -0.1) is 0 Å². The van der Waals surface area contributed by atoms with Gasteiger partial charge in [-0.25, -0.2) is 4.79 Å². The van der Waals surface area contributed by atoms with E-state index < -0.39 is 14.1 Å². The van der Waals surface area contributed by atoms with Crippen LogP contribution < -0.4 is 0 Å². The summed E-state index contributed by atoms with van der Waals surface area (Å²) < 4.78 is 16.9. The van der Waals surface area contributed by atoms with Gasteiger partial charge in [0.15, 0.2) is 14.1 Å². The van der Waals surface area contributed by atoms with Crippen LogP contribution >= 0.6 is 0 Å². The fourth-order valence-electron chi connectivity index (χ4n) is 2.36. The monoisotopic (exact) mass is 256 g/mol. The van der Waals surface area contributed by atoms with Gasteiger partial charge in [-0.1, -0.05) is 6.08 Å². The Bertz CT molecular complexity index is 358. The number of carbonyl (C=O) groups excluding carboxylic acids is 1. The van der Waals surface area contributed by atoms with Crippen LogP contribution in [0.15, 0.2) is 11.6 Å². The Hall–Kier alpha value is -0.653. The zero-order valence-electron chi connectivity index (χ0n) is 10.9. The van der Waals surface area contributed by atoms with Gasteiger partial charge in [0.2, 0.25) is 0 Å². The summed E-state index contributed by atoms with van der Waals surface area (Å²) in [6.07, 6.45) is 2.86. The minimum Gasteiger partial charge on any atom is -0.462 e. The smallest absolute Gasteiger partial charge is 0.339 e. The average molecular weight is 256 g/mol. The van der Waals surface area contributed by atoms with E-state index >= 15 is 0 Å². The van der Waals surface area contributed by atoms with E-state index in [1.54, 1.807) is 6.92 Å². The average Bonchev–Trinajstić information content (AvgIpc) is 2.44. The third-order valence-corrected chi connectivity index (χ3v) is 3.85. The van der Waals surface area contributed by atoms with Crippen molar-refractivity contribution in [2.45, 2.75) is 38.8 Å². The molecule has 0 unspecified atom stereocenters. The summed E-state index contributed by atoms with van der Waals surface area (Å²) >= 11 is 0. The lowest BCUT2D eigenvalue weighted by atomic mass is 9.79. The third kappa shape index (κ3) is 2.19. The molecular weight excluding hydrogens is 236 g/mol. The minimum atomic E-state index is -1.77. The van der Waals surface area contributed by atoms with Gasteiger partial charge in [0, 0.05) is 5.92 Å². The first kappa shape index (κ1) is 12.8. The number of esters is 1. The summed E-state index contributed by atoms with van der Waals surface area (Å²) in [6, 6.07) is 0. The van der Waals surface area contributed by atoms with Crippen molar-refractivity contribution in [1.29, 1.82) is 0 Å². The Balaban J connectivity index is 2.18. The molecule has 1 aliphatic carbocycles. The fourth-order valence-corrected chi connectivity index (χ4v) is 3.59. The summed E-state index contributed by atoms with van der Waals surface area (Å²) in [7, 11) is -1.77. The Labute approximate surface area is 103 Å². The normalized spacial score (nSPS) is 31.5. The molecule has 1 heterocycles. The first-order valence-corrected chi connectivity index (χ1v) is 9.53. The van der Waals surface area contributed by atoms with Crippen LogP contribution in [0.4, 0.5) is 0 Å². The van der Waals surface area contributed by atoms with Gasteiger partial charge >= 0.3 is 5.97 Å². The molecule has 0 aromatic heterocycles. The Morgan fingerprint density at radius 3 is 2.82 bits per heavy atom. The van der Waals surface area contributed by atoms with Gasteiger partial charge in [0.1, 0.15) is 0 Å². The van der Waals surface area contributed by atoms with Crippen LogP contribution in [0.5, 0.6) is 0 Å². The van der Waals surface area contributed by atoms with Crippen molar-refractivity contribution >= 4 is 14.3 Å². The molecule has 0 saturated carbocycles. The second kappa shape index (κ2) is 4.22. The van der Waals surface area contributed by atoms with Crippen molar-refractivity contribution in [2.24, 2.45) is 5.92 Å². The van der Waals surface area contributed by atoms with Crippen molar-refractivity contribution < 1.29 is 18.7 Å². The maximum Gasteiger partial charge on any atom is 0.339 e. The van der Waals surface area contributed by atoms with E-state index in [4.69, 9.17) is 13.9 Å². The van der Waals surface area contributed by atoms with E-state index in [2.05, 4.69) is 19.6 Å². The highest BCUT2D eigenvalue weighted by Gasteiger charge is 2.58. The summed E-state index contributed by atoms with van der Waals surface area (Å²) in [5, 5.41) is 0. The molecule has 0 amide bonds. The predicted molar refractivity (Wildman–Crippen MR) is 65.9 cm³/mol. The Morgan fingerprint density at radius 1 is 1.59 bits per heavy atom. The van der Waals surface area contributed by atoms with E-state index in [1.807, 2.05) is 6.08 Å². The highest BCUT2D eigenvalue weighted by atomic mass is 28.4. The Kier molecular flexibility index (Phi) is 3.18. The molecule has 0 aromatic rings. The summed E-state index contributed by atoms with van der Waals surface area (Å²) in [5.74, 6) is -0.881. The number of ether oxygens (including phenoxy) is 2. The first-order chi connectivity index (χ1) is 7.89. The second-order valence-corrected chi connectivity index (χ2v) is 9.86. The number of hydrogen-bond acceptors (Lipinski definition) is 4. The molecular formula is C12H20O4Si. The van der Waals surface area contributed by atoms with Crippen molar-refractivity contribution in [3.63, 3.8) is 0 Å². The second-order valence-electron chi connectivity index (χ2n) is 5.43. The zero-order valence-corrected chi connectivity index (χ0v) is 11.9. The molecule has 96 valence electrons. The van der Waals surface area contributed by atoms with Crippen LogP contribution in [-0.2, 0) is 18.7 Å². The van der Waals surface area contributed by atoms with Gasteiger partial charge in [0.05, 0.1) is 18.8 Å². The molecule has 0 aromatic carbocycles. The van der Waals surface area contributed by atoms with Crippen LogP contribution in [0, 0.1) is 5.92 Å². The molecule has 17 heavy (non-hydrogen) atoms. The van der Waals surface area contributed by atoms with Gasteiger partial charge in [-0.05, 0) is 33.0 Å². The van der Waals surface area contributed by atoms with Crippen LogP contribution in [-0.4, -0.2) is 33.3 Å². The fraction of sp³-hybridized carbons (Fsp3) is 0.750. The molecule has 1 saturated heterocycles. The summed E-state index contributed by atoms with van der Waals surface area (Å²) in [6.45, 7) is 9.12. The van der Waals surface area contributed by atoms with Crippen LogP contribution in [0.3, 0.4) is 0 Å². The predicted octanol–water partition coefficient (Wildman–Crippen LogP) is 2.07. The number of hydrogen-bond donors (Lipinski definition) is 0. The minimum absolute atomic E-state index is 0.216. The van der Waals surface area contributed by atoms with Crippen molar-refractivity contribution in [3.8, 4) is 0 Å². The number of fused-ring (bicyclic) bond motifs is 1. The molecule has 2 atom stereocenters. The lowest BCUT2D eigenvalue weighted by Crippen LogP contribution is -2.54. The van der Waals surface area contributed by atoms with Crippen LogP contribution in [0.25, 0.3) is 0 Å². The lowest BCUT2D eigenvalue weighted by Gasteiger charge is -2.44. The maximum absolute atomic E-state index is 11.8. The van der Waals surface area contributed by atoms with Crippen LogP contribution in [0.1, 0.15) is 13.3 Å². The quantitative estimate of drug-likeness (QED) is 0.570. The van der Waals surface area contributed by atoms with Gasteiger partial charge < -0.3 is 13.9 Å². The summed E-state index contributed by atoms with van der Waals surface area (Å²) in [4.78, 5) is 11.8. The molecule has 5 heteroatoms. The van der Waals surface area contributed by atoms with Gasteiger partial charge in [-0.3, -0.25) is 0 Å². The van der Waals surface area contributed by atoms with Gasteiger partial charge in [-0.2, -0.15) is 0 Å². The standard InChI is InChI=1S/C12H20O4Si/c1-5-14-11(13)10-8-9-6-7-15-12(9,10)16-17(2,3)4/h8-9H,5-7H2,1-4H3/t9-,12+/m0/s1. The van der Waals surface area contributed by atoms with Crippen molar-refractivity contribution in [3.05, 3.63) is 11.6 Å². The molecule has 0 radical (unpaired) electrons. The topological polar surface area (TPSA) is 44.8 Å². The molecule has 2 rings (SSSR count). The molecule has 4 nitrogen and oxygen atoms in total. The third-order valence-electron chi connectivity index (χ3n) is 2.93. The first-order valence-electron chi connectivity index (χ1n) is 6.12. The van der Waals surface area contributed by atoms with Crippen molar-refractivity contribution in [1.82, 2.24) is 0 Å². The molecule has 1 aliphatic heterocycles. The van der Waals surface area contributed by atoms with Gasteiger partial charge in [0.25, 0.3) is 0 Å². The molecule has 0 spiro atoms. The van der Waals surface area contributed by atoms with E-state index in [1.165, 1.54) is 0 Å². The number of rotatable bonds is 4. The number of carbonyl (C=O) groups is 1. The molecule has 1 fully saturated rings. The van der Waals surface area contributed by atoms with E-state index in [-0.39, 0.29) is 11.9 Å². The summed E-state index contributed by atoms with van der Waals surface area (Å²) in [5.41, 5.74) is 0.560. The molecule has 0 bridgehead atoms. The highest BCUT2D eigenvalue weighted by molar-refractivity contribution is 6.69. The van der Waals surface area contributed by atoms with Crippen LogP contribution in [0.2, 0.25) is 19.6 Å².